The Kier molecular flexibility index (Phi) is 3.21. The molecule has 1 heterocycles. The molecule has 0 atom stereocenters. The van der Waals surface area contributed by atoms with Crippen LogP contribution in [-0.2, 0) is 0 Å². The topological polar surface area (TPSA) is 50.9 Å². The summed E-state index contributed by atoms with van der Waals surface area (Å²) in [6.07, 6.45) is 4.58. The number of rotatable bonds is 2. The fourth-order valence-corrected chi connectivity index (χ4v) is 2.10. The molecule has 0 aliphatic heterocycles. The molecule has 0 amide bonds. The van der Waals surface area contributed by atoms with Crippen molar-refractivity contribution in [2.24, 2.45) is 5.73 Å². The molecular formula is C12H19N3. The minimum Gasteiger partial charge on any atom is -0.367 e. The van der Waals surface area contributed by atoms with Crippen LogP contribution >= 0.6 is 0 Å². The number of nitrogens with zero attached hydrogens (tertiary/aromatic N) is 1. The molecule has 1 aromatic rings. The SMILES string of the molecule is Cc1cccc(NC2CCC(N)CC2)n1. The van der Waals surface area contributed by atoms with Gasteiger partial charge in [0.25, 0.3) is 0 Å². The van der Waals surface area contributed by atoms with E-state index in [4.69, 9.17) is 5.73 Å². The number of anilines is 1. The lowest BCUT2D eigenvalue weighted by Crippen LogP contribution is -2.33. The van der Waals surface area contributed by atoms with Gasteiger partial charge in [0.15, 0.2) is 0 Å². The molecule has 0 aromatic carbocycles. The maximum Gasteiger partial charge on any atom is 0.126 e. The van der Waals surface area contributed by atoms with Crippen molar-refractivity contribution in [3.8, 4) is 0 Å². The van der Waals surface area contributed by atoms with Gasteiger partial charge in [-0.05, 0) is 44.7 Å². The third kappa shape index (κ3) is 2.93. The van der Waals surface area contributed by atoms with E-state index >= 15 is 0 Å². The van der Waals surface area contributed by atoms with Gasteiger partial charge < -0.3 is 11.1 Å². The fraction of sp³-hybridized carbons (Fsp3) is 0.583. The molecule has 0 saturated heterocycles. The highest BCUT2D eigenvalue weighted by Crippen LogP contribution is 2.20. The molecule has 1 fully saturated rings. The van der Waals surface area contributed by atoms with Crippen LogP contribution < -0.4 is 11.1 Å². The number of hydrogen-bond donors (Lipinski definition) is 2. The normalized spacial score (nSPS) is 26.3. The summed E-state index contributed by atoms with van der Waals surface area (Å²) < 4.78 is 0. The summed E-state index contributed by atoms with van der Waals surface area (Å²) in [6, 6.07) is 7.05. The van der Waals surface area contributed by atoms with Crippen LogP contribution in [0.5, 0.6) is 0 Å². The summed E-state index contributed by atoms with van der Waals surface area (Å²) in [5.74, 6) is 0.996. The van der Waals surface area contributed by atoms with Crippen molar-refractivity contribution >= 4 is 5.82 Å². The van der Waals surface area contributed by atoms with E-state index in [0.717, 1.165) is 37.2 Å². The average Bonchev–Trinajstić information content (AvgIpc) is 2.22. The lowest BCUT2D eigenvalue weighted by atomic mass is 9.92. The number of aromatic nitrogens is 1. The first-order valence-electron chi connectivity index (χ1n) is 5.70. The molecule has 15 heavy (non-hydrogen) atoms. The fourth-order valence-electron chi connectivity index (χ4n) is 2.10. The van der Waals surface area contributed by atoms with Gasteiger partial charge in [-0.3, -0.25) is 0 Å². The van der Waals surface area contributed by atoms with Crippen LogP contribution in [0, 0.1) is 6.92 Å². The van der Waals surface area contributed by atoms with Crippen LogP contribution in [0.3, 0.4) is 0 Å². The summed E-state index contributed by atoms with van der Waals surface area (Å²) in [7, 11) is 0. The highest BCUT2D eigenvalue weighted by atomic mass is 15.0. The molecule has 2 rings (SSSR count). The average molecular weight is 205 g/mol. The Labute approximate surface area is 91.1 Å². The lowest BCUT2D eigenvalue weighted by Gasteiger charge is -2.27. The van der Waals surface area contributed by atoms with Crippen LogP contribution in [0.15, 0.2) is 18.2 Å². The van der Waals surface area contributed by atoms with Crippen molar-refractivity contribution in [2.45, 2.75) is 44.7 Å². The Bertz CT molecular complexity index is 316. The van der Waals surface area contributed by atoms with Crippen LogP contribution in [0.4, 0.5) is 5.82 Å². The third-order valence-electron chi connectivity index (χ3n) is 3.01. The minimum absolute atomic E-state index is 0.411. The van der Waals surface area contributed by atoms with Crippen LogP contribution in [0.25, 0.3) is 0 Å². The van der Waals surface area contributed by atoms with Gasteiger partial charge in [0.1, 0.15) is 5.82 Å². The molecule has 0 radical (unpaired) electrons. The number of aryl methyl sites for hydroxylation is 1. The number of pyridine rings is 1. The van der Waals surface area contributed by atoms with Crippen molar-refractivity contribution in [1.29, 1.82) is 0 Å². The van der Waals surface area contributed by atoms with Gasteiger partial charge in [0.05, 0.1) is 0 Å². The molecule has 3 nitrogen and oxygen atoms in total. The maximum atomic E-state index is 5.87. The highest BCUT2D eigenvalue weighted by Gasteiger charge is 2.18. The highest BCUT2D eigenvalue weighted by molar-refractivity contribution is 5.36. The molecule has 82 valence electrons. The third-order valence-corrected chi connectivity index (χ3v) is 3.01. The Hall–Kier alpha value is -1.09. The van der Waals surface area contributed by atoms with Crippen LogP contribution in [0.1, 0.15) is 31.4 Å². The summed E-state index contributed by atoms with van der Waals surface area (Å²) in [5.41, 5.74) is 6.93. The number of hydrogen-bond acceptors (Lipinski definition) is 3. The molecule has 0 bridgehead atoms. The van der Waals surface area contributed by atoms with Gasteiger partial charge in [0.2, 0.25) is 0 Å². The summed E-state index contributed by atoms with van der Waals surface area (Å²) in [5, 5.41) is 3.48. The first-order valence-corrected chi connectivity index (χ1v) is 5.70. The van der Waals surface area contributed by atoms with E-state index < -0.39 is 0 Å². The molecule has 3 N–H and O–H groups in total. The van der Waals surface area contributed by atoms with Crippen molar-refractivity contribution in [3.63, 3.8) is 0 Å². The smallest absolute Gasteiger partial charge is 0.126 e. The Morgan fingerprint density at radius 1 is 1.27 bits per heavy atom. The molecule has 1 aliphatic rings. The lowest BCUT2D eigenvalue weighted by molar-refractivity contribution is 0.410. The first kappa shape index (κ1) is 10.4. The van der Waals surface area contributed by atoms with Gasteiger partial charge in [0, 0.05) is 17.8 Å². The van der Waals surface area contributed by atoms with Crippen molar-refractivity contribution in [2.75, 3.05) is 5.32 Å². The predicted octanol–water partition coefficient (Wildman–Crippen LogP) is 2.07. The Morgan fingerprint density at radius 2 is 2.00 bits per heavy atom. The maximum absolute atomic E-state index is 5.87. The zero-order valence-electron chi connectivity index (χ0n) is 9.24. The van der Waals surface area contributed by atoms with Crippen LogP contribution in [-0.4, -0.2) is 17.1 Å². The van der Waals surface area contributed by atoms with Gasteiger partial charge >= 0.3 is 0 Å². The van der Waals surface area contributed by atoms with E-state index in [1.807, 2.05) is 25.1 Å². The summed E-state index contributed by atoms with van der Waals surface area (Å²) in [6.45, 7) is 2.02. The van der Waals surface area contributed by atoms with E-state index in [9.17, 15) is 0 Å². The summed E-state index contributed by atoms with van der Waals surface area (Å²) >= 11 is 0. The molecule has 1 aromatic heterocycles. The van der Waals surface area contributed by atoms with Gasteiger partial charge in [-0.2, -0.15) is 0 Å². The van der Waals surface area contributed by atoms with Crippen molar-refractivity contribution in [1.82, 2.24) is 4.98 Å². The number of nitrogens with two attached hydrogens (primary N) is 1. The monoisotopic (exact) mass is 205 g/mol. The zero-order chi connectivity index (χ0) is 10.7. The molecule has 0 unspecified atom stereocenters. The number of nitrogens with one attached hydrogen (secondary N) is 1. The van der Waals surface area contributed by atoms with E-state index in [-0.39, 0.29) is 0 Å². The van der Waals surface area contributed by atoms with Gasteiger partial charge in [-0.1, -0.05) is 6.07 Å². The van der Waals surface area contributed by atoms with E-state index in [1.54, 1.807) is 0 Å². The van der Waals surface area contributed by atoms with Gasteiger partial charge in [-0.15, -0.1) is 0 Å². The quantitative estimate of drug-likeness (QED) is 0.777. The van der Waals surface area contributed by atoms with E-state index in [1.165, 1.54) is 0 Å². The van der Waals surface area contributed by atoms with Crippen LogP contribution in [0.2, 0.25) is 0 Å². The van der Waals surface area contributed by atoms with Crippen molar-refractivity contribution < 1.29 is 0 Å². The second-order valence-corrected chi connectivity index (χ2v) is 4.42. The van der Waals surface area contributed by atoms with E-state index in [0.29, 0.717) is 12.1 Å². The molecular weight excluding hydrogens is 186 g/mol. The molecule has 1 aliphatic carbocycles. The van der Waals surface area contributed by atoms with E-state index in [2.05, 4.69) is 10.3 Å². The second kappa shape index (κ2) is 4.62. The Morgan fingerprint density at radius 3 is 2.67 bits per heavy atom. The predicted molar refractivity (Wildman–Crippen MR) is 62.8 cm³/mol. The van der Waals surface area contributed by atoms with Crippen molar-refractivity contribution in [3.05, 3.63) is 23.9 Å². The Balaban J connectivity index is 1.92. The zero-order valence-corrected chi connectivity index (χ0v) is 9.24. The minimum atomic E-state index is 0.411. The first-order chi connectivity index (χ1) is 7.24. The second-order valence-electron chi connectivity index (χ2n) is 4.42. The molecule has 1 saturated carbocycles. The van der Waals surface area contributed by atoms with Gasteiger partial charge in [-0.25, -0.2) is 4.98 Å². The summed E-state index contributed by atoms with van der Waals surface area (Å²) in [4.78, 5) is 4.44. The molecule has 0 spiro atoms. The largest absolute Gasteiger partial charge is 0.367 e. The standard InChI is InChI=1S/C12H19N3/c1-9-3-2-4-12(14-9)15-11-7-5-10(13)6-8-11/h2-4,10-11H,5-8,13H2,1H3,(H,14,15). The molecule has 3 heteroatoms.